The molecule has 3 aromatic rings. The number of carbonyl (C=O) groups is 3. The van der Waals surface area contributed by atoms with Gasteiger partial charge < -0.3 is 19.5 Å². The van der Waals surface area contributed by atoms with E-state index in [1.54, 1.807) is 30.3 Å². The van der Waals surface area contributed by atoms with Crippen molar-refractivity contribution in [2.75, 3.05) is 32.2 Å². The summed E-state index contributed by atoms with van der Waals surface area (Å²) in [5.74, 6) is 0.703. The first-order valence-electron chi connectivity index (χ1n) is 12.2. The molecule has 3 aromatic carbocycles. The number of carbonyl (C=O) groups excluding carboxylic acids is 3. The molecule has 0 radical (unpaired) electrons. The van der Waals surface area contributed by atoms with Crippen molar-refractivity contribution in [3.05, 3.63) is 84.8 Å². The van der Waals surface area contributed by atoms with Crippen LogP contribution in [0, 0.1) is 17.4 Å². The minimum atomic E-state index is -0.385. The number of nitrogens with zero attached hydrogens (tertiary/aromatic N) is 1. The summed E-state index contributed by atoms with van der Waals surface area (Å²) in [6.07, 6.45) is 1.63. The normalized spacial score (nSPS) is 14.0. The van der Waals surface area contributed by atoms with Gasteiger partial charge in [-0.1, -0.05) is 35.4 Å². The Bertz CT molecular complexity index is 1480. The van der Waals surface area contributed by atoms with E-state index in [1.165, 1.54) is 12.0 Å². The lowest BCUT2D eigenvalue weighted by molar-refractivity contribution is -0.123. The molecule has 0 bridgehead atoms. The first-order chi connectivity index (χ1) is 19.1. The molecule has 40 heavy (non-hydrogen) atoms. The van der Waals surface area contributed by atoms with E-state index in [2.05, 4.69) is 27.9 Å². The number of hydrogen-bond acceptors (Lipinski definition) is 7. The first-order valence-corrected chi connectivity index (χ1v) is 14.4. The standard InChI is InChI=1S/C29H26ClIN2O6S/c1-17-4-8-21(9-5-17)38-11-10-33-28(35)25(40-29(33)36)14-19-12-23(31)27(24(13-19)37-3)39-16-26(34)32-20-7-6-18(2)22(30)15-20/h4-9,12-15H,10-11,16H2,1-3H3,(H,32,34)/b25-14-. The number of methoxy groups -OCH3 is 1. The van der Waals surface area contributed by atoms with Gasteiger partial charge in [0.05, 0.1) is 22.1 Å². The van der Waals surface area contributed by atoms with Gasteiger partial charge in [-0.05, 0) is 102 Å². The summed E-state index contributed by atoms with van der Waals surface area (Å²) in [6, 6.07) is 16.3. The second-order valence-corrected chi connectivity index (χ2v) is 11.4. The van der Waals surface area contributed by atoms with Crippen LogP contribution in [0.3, 0.4) is 0 Å². The van der Waals surface area contributed by atoms with Crippen molar-refractivity contribution < 1.29 is 28.6 Å². The number of hydrogen-bond donors (Lipinski definition) is 1. The van der Waals surface area contributed by atoms with Crippen LogP contribution in [0.1, 0.15) is 16.7 Å². The molecule has 0 spiro atoms. The lowest BCUT2D eigenvalue weighted by Gasteiger charge is -2.14. The van der Waals surface area contributed by atoms with Gasteiger partial charge in [0, 0.05) is 10.7 Å². The van der Waals surface area contributed by atoms with Crippen LogP contribution in [0.2, 0.25) is 5.02 Å². The van der Waals surface area contributed by atoms with Crippen molar-refractivity contribution in [2.24, 2.45) is 0 Å². The van der Waals surface area contributed by atoms with Gasteiger partial charge in [-0.15, -0.1) is 0 Å². The van der Waals surface area contributed by atoms with Crippen LogP contribution in [0.25, 0.3) is 6.08 Å². The van der Waals surface area contributed by atoms with Gasteiger partial charge in [0.1, 0.15) is 12.4 Å². The van der Waals surface area contributed by atoms with Gasteiger partial charge in [0.2, 0.25) is 0 Å². The Morgan fingerprint density at radius 1 is 1.07 bits per heavy atom. The fraction of sp³-hybridized carbons (Fsp3) is 0.207. The third-order valence-corrected chi connectivity index (χ3v) is 7.95. The lowest BCUT2D eigenvalue weighted by atomic mass is 10.2. The average molecular weight is 693 g/mol. The zero-order valence-corrected chi connectivity index (χ0v) is 25.7. The average Bonchev–Trinajstić information content (AvgIpc) is 3.18. The van der Waals surface area contributed by atoms with E-state index in [9.17, 15) is 14.4 Å². The molecule has 0 aliphatic carbocycles. The van der Waals surface area contributed by atoms with Gasteiger partial charge in [0.25, 0.3) is 17.1 Å². The highest BCUT2D eigenvalue weighted by atomic mass is 127. The fourth-order valence-electron chi connectivity index (χ4n) is 3.70. The Labute approximate surface area is 255 Å². The molecular formula is C29H26ClIN2O6S. The minimum Gasteiger partial charge on any atom is -0.493 e. The summed E-state index contributed by atoms with van der Waals surface area (Å²) < 4.78 is 17.6. The molecule has 208 valence electrons. The zero-order chi connectivity index (χ0) is 28.8. The molecule has 1 saturated heterocycles. The summed E-state index contributed by atoms with van der Waals surface area (Å²) >= 11 is 9.07. The largest absolute Gasteiger partial charge is 0.493 e. The summed E-state index contributed by atoms with van der Waals surface area (Å²) in [6.45, 7) is 3.94. The Morgan fingerprint density at radius 2 is 1.82 bits per heavy atom. The highest BCUT2D eigenvalue weighted by molar-refractivity contribution is 14.1. The molecular weight excluding hydrogens is 667 g/mol. The maximum atomic E-state index is 12.9. The molecule has 1 N–H and O–H groups in total. The smallest absolute Gasteiger partial charge is 0.293 e. The number of aryl methyl sites for hydroxylation is 2. The Kier molecular flexibility index (Phi) is 9.99. The highest BCUT2D eigenvalue weighted by Gasteiger charge is 2.35. The van der Waals surface area contributed by atoms with Crippen molar-refractivity contribution in [2.45, 2.75) is 13.8 Å². The van der Waals surface area contributed by atoms with Crippen LogP contribution in [-0.4, -0.2) is 48.8 Å². The molecule has 3 amide bonds. The number of amides is 3. The maximum Gasteiger partial charge on any atom is 0.293 e. The molecule has 4 rings (SSSR count). The van der Waals surface area contributed by atoms with Gasteiger partial charge in [-0.3, -0.25) is 19.3 Å². The zero-order valence-electron chi connectivity index (χ0n) is 22.0. The predicted molar refractivity (Wildman–Crippen MR) is 165 cm³/mol. The second kappa shape index (κ2) is 13.4. The Morgan fingerprint density at radius 3 is 2.52 bits per heavy atom. The first kappa shape index (κ1) is 29.8. The van der Waals surface area contributed by atoms with E-state index in [0.717, 1.165) is 22.9 Å². The highest BCUT2D eigenvalue weighted by Crippen LogP contribution is 2.37. The number of rotatable bonds is 10. The quantitative estimate of drug-likeness (QED) is 0.187. The number of halogens is 2. The monoisotopic (exact) mass is 692 g/mol. The van der Waals surface area contributed by atoms with E-state index in [4.69, 9.17) is 25.8 Å². The van der Waals surface area contributed by atoms with Gasteiger partial charge in [-0.25, -0.2) is 0 Å². The molecule has 1 fully saturated rings. The van der Waals surface area contributed by atoms with Crippen molar-refractivity contribution in [1.82, 2.24) is 4.90 Å². The van der Waals surface area contributed by atoms with Crippen LogP contribution in [0.15, 0.2) is 59.5 Å². The number of benzene rings is 3. The number of imide groups is 1. The molecule has 0 aromatic heterocycles. The molecule has 11 heteroatoms. The molecule has 1 aliphatic rings. The predicted octanol–water partition coefficient (Wildman–Crippen LogP) is 6.70. The molecule has 1 aliphatic heterocycles. The fourth-order valence-corrected chi connectivity index (χ4v) is 5.53. The van der Waals surface area contributed by atoms with Crippen molar-refractivity contribution >= 4 is 74.8 Å². The summed E-state index contributed by atoms with van der Waals surface area (Å²) in [5, 5.41) is 2.95. The third kappa shape index (κ3) is 7.49. The van der Waals surface area contributed by atoms with Gasteiger partial charge in [-0.2, -0.15) is 0 Å². The van der Waals surface area contributed by atoms with Crippen molar-refractivity contribution in [3.63, 3.8) is 0 Å². The summed E-state index contributed by atoms with van der Waals surface area (Å²) in [5.41, 5.74) is 3.24. The maximum absolute atomic E-state index is 12.9. The van der Waals surface area contributed by atoms with Gasteiger partial charge >= 0.3 is 0 Å². The Hall–Kier alpha value is -3.22. The van der Waals surface area contributed by atoms with E-state index < -0.39 is 0 Å². The lowest BCUT2D eigenvalue weighted by Crippen LogP contribution is -2.32. The van der Waals surface area contributed by atoms with Crippen LogP contribution < -0.4 is 19.5 Å². The number of anilines is 1. The number of ether oxygens (including phenoxy) is 3. The van der Waals surface area contributed by atoms with Crippen molar-refractivity contribution in [3.8, 4) is 17.2 Å². The van der Waals surface area contributed by atoms with Crippen LogP contribution in [0.5, 0.6) is 17.2 Å². The van der Waals surface area contributed by atoms with Gasteiger partial charge in [0.15, 0.2) is 18.1 Å². The summed E-state index contributed by atoms with van der Waals surface area (Å²) in [7, 11) is 1.48. The van der Waals surface area contributed by atoms with Crippen LogP contribution in [0.4, 0.5) is 10.5 Å². The molecule has 1 heterocycles. The number of nitrogens with one attached hydrogen (secondary N) is 1. The van der Waals surface area contributed by atoms with E-state index >= 15 is 0 Å². The topological polar surface area (TPSA) is 94.2 Å². The van der Waals surface area contributed by atoms with Crippen LogP contribution in [-0.2, 0) is 9.59 Å². The minimum absolute atomic E-state index is 0.139. The Balaban J connectivity index is 1.39. The van der Waals surface area contributed by atoms with Crippen LogP contribution >= 0.6 is 46.0 Å². The summed E-state index contributed by atoms with van der Waals surface area (Å²) in [4.78, 5) is 39.3. The molecule has 0 saturated carbocycles. The van der Waals surface area contributed by atoms with E-state index in [1.807, 2.05) is 44.2 Å². The van der Waals surface area contributed by atoms with E-state index in [-0.39, 0.29) is 36.8 Å². The molecule has 8 nitrogen and oxygen atoms in total. The molecule has 0 atom stereocenters. The van der Waals surface area contributed by atoms with Crippen molar-refractivity contribution in [1.29, 1.82) is 0 Å². The SMILES string of the molecule is COc1cc(/C=C2\SC(=O)N(CCOc3ccc(C)cc3)C2=O)cc(I)c1OCC(=O)Nc1ccc(C)c(Cl)c1. The molecule has 0 unspecified atom stereocenters. The third-order valence-electron chi connectivity index (χ3n) is 5.83. The number of thioether (sulfide) groups is 1. The second-order valence-electron chi connectivity index (χ2n) is 8.83. The van der Waals surface area contributed by atoms with E-state index in [0.29, 0.717) is 42.0 Å².